The number of nitrogens with zero attached hydrogens (tertiary/aromatic N) is 2. The molecule has 24 heavy (non-hydrogen) atoms. The molecule has 2 aromatic carbocycles. The second-order valence-electron chi connectivity index (χ2n) is 5.78. The van der Waals surface area contributed by atoms with Crippen molar-refractivity contribution in [2.75, 3.05) is 24.2 Å². The first-order valence-electron chi connectivity index (χ1n) is 7.82. The van der Waals surface area contributed by atoms with Crippen molar-refractivity contribution in [1.82, 2.24) is 4.90 Å². The molecule has 122 valence electrons. The summed E-state index contributed by atoms with van der Waals surface area (Å²) in [5, 5.41) is 4.52. The van der Waals surface area contributed by atoms with E-state index in [1.807, 2.05) is 36.0 Å². The van der Waals surface area contributed by atoms with Crippen molar-refractivity contribution in [2.24, 2.45) is 4.99 Å². The molecule has 0 aromatic heterocycles. The van der Waals surface area contributed by atoms with Crippen molar-refractivity contribution in [1.29, 1.82) is 0 Å². The van der Waals surface area contributed by atoms with Gasteiger partial charge in [0.1, 0.15) is 0 Å². The Labute approximate surface area is 149 Å². The second kappa shape index (κ2) is 6.49. The van der Waals surface area contributed by atoms with Crippen LogP contribution in [0.4, 0.5) is 5.69 Å². The number of rotatable bonds is 3. The van der Waals surface area contributed by atoms with Crippen LogP contribution in [0.5, 0.6) is 0 Å². The van der Waals surface area contributed by atoms with Crippen LogP contribution >= 0.6 is 23.4 Å². The molecule has 0 bridgehead atoms. The van der Waals surface area contributed by atoms with Gasteiger partial charge in [0, 0.05) is 24.5 Å². The fraction of sp³-hybridized carbons (Fsp3) is 0.222. The molecule has 1 fully saturated rings. The topological polar surface area (TPSA) is 44.7 Å². The highest BCUT2D eigenvalue weighted by Gasteiger charge is 2.30. The molecule has 1 unspecified atom stereocenters. The lowest BCUT2D eigenvalue weighted by Gasteiger charge is -2.14. The summed E-state index contributed by atoms with van der Waals surface area (Å²) in [6.07, 6.45) is 0. The number of benzene rings is 2. The summed E-state index contributed by atoms with van der Waals surface area (Å²) >= 11 is 7.90. The largest absolute Gasteiger partial charge is 0.348 e. The van der Waals surface area contributed by atoms with Crippen LogP contribution in [-0.2, 0) is 0 Å². The molecule has 2 aliphatic rings. The first-order valence-corrected chi connectivity index (χ1v) is 9.18. The fourth-order valence-corrected chi connectivity index (χ4v) is 4.22. The van der Waals surface area contributed by atoms with Crippen LogP contribution in [0, 0.1) is 0 Å². The van der Waals surface area contributed by atoms with Crippen molar-refractivity contribution in [2.45, 2.75) is 6.04 Å². The molecule has 4 rings (SSSR count). The van der Waals surface area contributed by atoms with E-state index in [0.29, 0.717) is 10.6 Å². The number of nitrogens with one attached hydrogen (secondary N) is 1. The van der Waals surface area contributed by atoms with Gasteiger partial charge in [-0.3, -0.25) is 9.79 Å². The lowest BCUT2D eigenvalue weighted by atomic mass is 10.1. The van der Waals surface area contributed by atoms with Crippen LogP contribution in [-0.4, -0.2) is 34.8 Å². The number of thioether (sulfide) groups is 1. The van der Waals surface area contributed by atoms with E-state index in [1.165, 1.54) is 0 Å². The minimum absolute atomic E-state index is 0.143. The Morgan fingerprint density at radius 3 is 2.96 bits per heavy atom. The summed E-state index contributed by atoms with van der Waals surface area (Å²) in [4.78, 5) is 19.5. The van der Waals surface area contributed by atoms with Crippen molar-refractivity contribution < 1.29 is 4.79 Å². The number of carbonyl (C=O) groups is 1. The normalized spacial score (nSPS) is 19.1. The Morgan fingerprint density at radius 2 is 2.12 bits per heavy atom. The van der Waals surface area contributed by atoms with Gasteiger partial charge in [0.25, 0.3) is 5.91 Å². The maximum atomic E-state index is 12.4. The van der Waals surface area contributed by atoms with Crippen LogP contribution in [0.3, 0.4) is 0 Å². The standard InChI is InChI=1S/C18H16ClN3OS/c19-15-7-2-1-6-14(15)17(23)20-13-5-3-4-12(10-13)16-11-22-8-9-24-18(22)21-16/h1-7,10,16H,8-9,11H2,(H,20,23). The summed E-state index contributed by atoms with van der Waals surface area (Å²) in [6, 6.07) is 15.1. The van der Waals surface area contributed by atoms with Gasteiger partial charge in [0.15, 0.2) is 5.17 Å². The molecule has 1 atom stereocenters. The molecule has 1 N–H and O–H groups in total. The predicted molar refractivity (Wildman–Crippen MR) is 100 cm³/mol. The monoisotopic (exact) mass is 357 g/mol. The van der Waals surface area contributed by atoms with E-state index in [9.17, 15) is 4.79 Å². The summed E-state index contributed by atoms with van der Waals surface area (Å²) in [6.45, 7) is 1.99. The predicted octanol–water partition coefficient (Wildman–Crippen LogP) is 4.05. The molecule has 4 nitrogen and oxygen atoms in total. The van der Waals surface area contributed by atoms with Gasteiger partial charge >= 0.3 is 0 Å². The molecule has 0 saturated carbocycles. The smallest absolute Gasteiger partial charge is 0.257 e. The number of anilines is 1. The summed E-state index contributed by atoms with van der Waals surface area (Å²) < 4.78 is 0. The van der Waals surface area contributed by atoms with Gasteiger partial charge in [-0.15, -0.1) is 0 Å². The zero-order valence-electron chi connectivity index (χ0n) is 12.9. The van der Waals surface area contributed by atoms with Crippen LogP contribution in [0.15, 0.2) is 53.5 Å². The van der Waals surface area contributed by atoms with Gasteiger partial charge in [-0.2, -0.15) is 0 Å². The van der Waals surface area contributed by atoms with Gasteiger partial charge in [-0.05, 0) is 29.8 Å². The molecule has 2 aromatic rings. The number of aliphatic imine (C=N–C) groups is 1. The molecule has 0 radical (unpaired) electrons. The van der Waals surface area contributed by atoms with E-state index in [-0.39, 0.29) is 11.9 Å². The van der Waals surface area contributed by atoms with Crippen LogP contribution in [0.2, 0.25) is 5.02 Å². The average Bonchev–Trinajstić information content (AvgIpc) is 3.17. The number of halogens is 1. The SMILES string of the molecule is O=C(Nc1cccc(C2CN3CCSC3=N2)c1)c1ccccc1Cl. The third-order valence-electron chi connectivity index (χ3n) is 4.17. The van der Waals surface area contributed by atoms with E-state index in [4.69, 9.17) is 16.6 Å². The van der Waals surface area contributed by atoms with Crippen molar-refractivity contribution in [3.63, 3.8) is 0 Å². The summed E-state index contributed by atoms with van der Waals surface area (Å²) in [5.41, 5.74) is 2.36. The molecular formula is C18H16ClN3OS. The summed E-state index contributed by atoms with van der Waals surface area (Å²) in [5.74, 6) is 0.922. The van der Waals surface area contributed by atoms with E-state index in [2.05, 4.69) is 16.3 Å². The highest BCUT2D eigenvalue weighted by atomic mass is 35.5. The molecular weight excluding hydrogens is 342 g/mol. The number of carbonyl (C=O) groups excluding carboxylic acids is 1. The average molecular weight is 358 g/mol. The zero-order valence-corrected chi connectivity index (χ0v) is 14.5. The van der Waals surface area contributed by atoms with Crippen molar-refractivity contribution >= 4 is 40.1 Å². The van der Waals surface area contributed by atoms with E-state index >= 15 is 0 Å². The Hall–Kier alpha value is -1.98. The van der Waals surface area contributed by atoms with Crippen LogP contribution in [0.1, 0.15) is 22.0 Å². The van der Waals surface area contributed by atoms with Gasteiger partial charge in [0.2, 0.25) is 0 Å². The lowest BCUT2D eigenvalue weighted by molar-refractivity contribution is 0.102. The molecule has 0 aliphatic carbocycles. The van der Waals surface area contributed by atoms with Gasteiger partial charge in [-0.1, -0.05) is 47.6 Å². The number of fused-ring (bicyclic) bond motifs is 1. The van der Waals surface area contributed by atoms with E-state index < -0.39 is 0 Å². The number of amidine groups is 1. The van der Waals surface area contributed by atoms with Crippen molar-refractivity contribution in [3.8, 4) is 0 Å². The third kappa shape index (κ3) is 3.01. The minimum Gasteiger partial charge on any atom is -0.348 e. The third-order valence-corrected chi connectivity index (χ3v) is 5.51. The number of amides is 1. The second-order valence-corrected chi connectivity index (χ2v) is 7.25. The lowest BCUT2D eigenvalue weighted by Crippen LogP contribution is -2.21. The fourth-order valence-electron chi connectivity index (χ4n) is 2.95. The maximum absolute atomic E-state index is 12.4. The zero-order chi connectivity index (χ0) is 16.5. The molecule has 6 heteroatoms. The number of hydrogen-bond donors (Lipinski definition) is 1. The minimum atomic E-state index is -0.202. The quantitative estimate of drug-likeness (QED) is 0.901. The van der Waals surface area contributed by atoms with E-state index in [0.717, 1.165) is 35.3 Å². The van der Waals surface area contributed by atoms with Crippen molar-refractivity contribution in [3.05, 3.63) is 64.7 Å². The Bertz CT molecular complexity index is 823. The summed E-state index contributed by atoms with van der Waals surface area (Å²) in [7, 11) is 0. The molecule has 1 saturated heterocycles. The van der Waals surface area contributed by atoms with Crippen LogP contribution < -0.4 is 5.32 Å². The molecule has 0 spiro atoms. The van der Waals surface area contributed by atoms with Gasteiger partial charge < -0.3 is 10.2 Å². The molecule has 2 heterocycles. The maximum Gasteiger partial charge on any atom is 0.257 e. The first-order chi connectivity index (χ1) is 11.7. The van der Waals surface area contributed by atoms with Gasteiger partial charge in [-0.25, -0.2) is 0 Å². The molecule has 2 aliphatic heterocycles. The highest BCUT2D eigenvalue weighted by molar-refractivity contribution is 8.14. The number of hydrogen-bond acceptors (Lipinski definition) is 4. The van der Waals surface area contributed by atoms with Gasteiger partial charge in [0.05, 0.1) is 16.6 Å². The first kappa shape index (κ1) is 15.5. The van der Waals surface area contributed by atoms with E-state index in [1.54, 1.807) is 18.2 Å². The highest BCUT2D eigenvalue weighted by Crippen LogP contribution is 2.33. The Balaban J connectivity index is 1.52. The Morgan fingerprint density at radius 1 is 1.25 bits per heavy atom. The molecule has 1 amide bonds. The Kier molecular flexibility index (Phi) is 4.21. The van der Waals surface area contributed by atoms with Crippen LogP contribution in [0.25, 0.3) is 0 Å².